The highest BCUT2D eigenvalue weighted by Crippen LogP contribution is 2.34. The number of likely N-dealkylation sites (N-methyl/N-ethyl adjacent to an activating group) is 1. The highest BCUT2D eigenvalue weighted by atomic mass is 35.5. The second-order valence-electron chi connectivity index (χ2n) is 6.72. The first-order valence-corrected chi connectivity index (χ1v) is 10.0. The normalized spacial score (nSPS) is 17.6. The Morgan fingerprint density at radius 2 is 1.85 bits per heavy atom. The van der Waals surface area contributed by atoms with Gasteiger partial charge in [-0.25, -0.2) is 0 Å². The number of halogens is 2. The number of hydrogen-bond acceptors (Lipinski definition) is 3. The summed E-state index contributed by atoms with van der Waals surface area (Å²) in [7, 11) is 0. The minimum atomic E-state index is 0.451. The molecule has 0 bridgehead atoms. The van der Waals surface area contributed by atoms with Gasteiger partial charge in [0.1, 0.15) is 6.61 Å². The van der Waals surface area contributed by atoms with E-state index in [0.717, 1.165) is 30.8 Å². The quantitative estimate of drug-likeness (QED) is 0.672. The largest absolute Gasteiger partial charge is 0.486 e. The second kappa shape index (κ2) is 9.61. The predicted octanol–water partition coefficient (Wildman–Crippen LogP) is 5.15. The molecule has 2 aromatic carbocycles. The van der Waals surface area contributed by atoms with Crippen molar-refractivity contribution in [3.05, 3.63) is 63.6 Å². The highest BCUT2D eigenvalue weighted by molar-refractivity contribution is 6.37. The molecule has 1 unspecified atom stereocenters. The van der Waals surface area contributed by atoms with Gasteiger partial charge in [0.25, 0.3) is 0 Å². The molecule has 1 fully saturated rings. The first-order valence-electron chi connectivity index (χ1n) is 9.26. The van der Waals surface area contributed by atoms with Crippen LogP contribution in [0.1, 0.15) is 30.9 Å². The van der Waals surface area contributed by atoms with Crippen molar-refractivity contribution < 1.29 is 4.74 Å². The number of hydrogen-bond donors (Lipinski definition) is 1. The molecule has 3 rings (SSSR count). The van der Waals surface area contributed by atoms with E-state index in [1.165, 1.54) is 19.4 Å². The Bertz CT molecular complexity index is 685. The van der Waals surface area contributed by atoms with Crippen LogP contribution in [0, 0.1) is 0 Å². The van der Waals surface area contributed by atoms with Gasteiger partial charge in [0.05, 0.1) is 10.0 Å². The van der Waals surface area contributed by atoms with Gasteiger partial charge in [-0.1, -0.05) is 60.5 Å². The minimum absolute atomic E-state index is 0.451. The van der Waals surface area contributed by atoms with Crippen LogP contribution >= 0.6 is 23.2 Å². The summed E-state index contributed by atoms with van der Waals surface area (Å²) in [5.41, 5.74) is 2.16. The molecule has 140 valence electrons. The first-order chi connectivity index (χ1) is 12.7. The predicted molar refractivity (Wildman–Crippen MR) is 109 cm³/mol. The molecule has 0 aliphatic carbocycles. The maximum Gasteiger partial charge on any atom is 0.156 e. The van der Waals surface area contributed by atoms with Crippen molar-refractivity contribution in [1.82, 2.24) is 10.2 Å². The fraction of sp³-hybridized carbons (Fsp3) is 0.429. The molecule has 0 spiro atoms. The average Bonchev–Trinajstić information content (AvgIpc) is 3.09. The summed E-state index contributed by atoms with van der Waals surface area (Å²) < 4.78 is 5.83. The summed E-state index contributed by atoms with van der Waals surface area (Å²) >= 11 is 12.8. The van der Waals surface area contributed by atoms with Crippen molar-refractivity contribution in [2.24, 2.45) is 0 Å². The molecule has 1 aliphatic rings. The third-order valence-corrected chi connectivity index (χ3v) is 5.46. The molecule has 0 aromatic heterocycles. The van der Waals surface area contributed by atoms with Crippen LogP contribution in [0.2, 0.25) is 10.0 Å². The number of nitrogens with zero attached hydrogens (tertiary/aromatic N) is 1. The molecule has 1 heterocycles. The number of ether oxygens (including phenoxy) is 1. The van der Waals surface area contributed by atoms with E-state index in [-0.39, 0.29) is 0 Å². The SMILES string of the molecule is CCN1CCCC1CNCc1cc(Cl)c(OCc2ccccc2)c(Cl)c1. The van der Waals surface area contributed by atoms with E-state index in [0.29, 0.717) is 28.4 Å². The highest BCUT2D eigenvalue weighted by Gasteiger charge is 2.22. The Hall–Kier alpha value is -1.26. The summed E-state index contributed by atoms with van der Waals surface area (Å²) in [5.74, 6) is 0.550. The minimum Gasteiger partial charge on any atom is -0.486 e. The van der Waals surface area contributed by atoms with Gasteiger partial charge in [0.15, 0.2) is 5.75 Å². The molecular formula is C21H26Cl2N2O. The molecule has 0 saturated carbocycles. The van der Waals surface area contributed by atoms with Crippen molar-refractivity contribution in [3.8, 4) is 5.75 Å². The molecular weight excluding hydrogens is 367 g/mol. The van der Waals surface area contributed by atoms with E-state index in [4.69, 9.17) is 27.9 Å². The van der Waals surface area contributed by atoms with Crippen LogP contribution in [-0.2, 0) is 13.2 Å². The molecule has 1 saturated heterocycles. The van der Waals surface area contributed by atoms with Crippen LogP contribution in [-0.4, -0.2) is 30.6 Å². The number of rotatable bonds is 8. The van der Waals surface area contributed by atoms with E-state index >= 15 is 0 Å². The van der Waals surface area contributed by atoms with Gasteiger partial charge in [-0.05, 0) is 49.2 Å². The summed E-state index contributed by atoms with van der Waals surface area (Å²) in [6.45, 7) is 6.77. The maximum atomic E-state index is 6.41. The molecule has 26 heavy (non-hydrogen) atoms. The summed E-state index contributed by atoms with van der Waals surface area (Å²) in [6, 6.07) is 14.5. The van der Waals surface area contributed by atoms with E-state index in [1.54, 1.807) is 0 Å². The second-order valence-corrected chi connectivity index (χ2v) is 7.53. The van der Waals surface area contributed by atoms with Crippen molar-refractivity contribution in [2.75, 3.05) is 19.6 Å². The Kier molecular flexibility index (Phi) is 7.21. The molecule has 1 aliphatic heterocycles. The lowest BCUT2D eigenvalue weighted by molar-refractivity contribution is 0.260. The van der Waals surface area contributed by atoms with E-state index in [1.807, 2.05) is 42.5 Å². The van der Waals surface area contributed by atoms with Crippen LogP contribution in [0.5, 0.6) is 5.75 Å². The topological polar surface area (TPSA) is 24.5 Å². The molecule has 2 aromatic rings. The Morgan fingerprint density at radius 3 is 2.54 bits per heavy atom. The zero-order valence-corrected chi connectivity index (χ0v) is 16.7. The van der Waals surface area contributed by atoms with E-state index in [9.17, 15) is 0 Å². The zero-order chi connectivity index (χ0) is 18.4. The van der Waals surface area contributed by atoms with Crippen LogP contribution in [0.15, 0.2) is 42.5 Å². The average molecular weight is 393 g/mol. The molecule has 3 nitrogen and oxygen atoms in total. The molecule has 1 atom stereocenters. The van der Waals surface area contributed by atoms with Gasteiger partial charge in [0.2, 0.25) is 0 Å². The lowest BCUT2D eigenvalue weighted by Crippen LogP contribution is -2.37. The van der Waals surface area contributed by atoms with Crippen molar-refractivity contribution in [2.45, 2.75) is 39.0 Å². The lowest BCUT2D eigenvalue weighted by atomic mass is 10.2. The number of benzene rings is 2. The van der Waals surface area contributed by atoms with Crippen LogP contribution < -0.4 is 10.1 Å². The first kappa shape index (κ1) is 19.5. The summed E-state index contributed by atoms with van der Waals surface area (Å²) in [6.07, 6.45) is 2.57. The van der Waals surface area contributed by atoms with Gasteiger partial charge in [0, 0.05) is 19.1 Å². The zero-order valence-electron chi connectivity index (χ0n) is 15.2. The third-order valence-electron chi connectivity index (χ3n) is 4.90. The molecule has 0 amide bonds. The fourth-order valence-corrected chi connectivity index (χ4v) is 4.15. The Balaban J connectivity index is 1.55. The Morgan fingerprint density at radius 1 is 1.12 bits per heavy atom. The Labute approximate surface area is 166 Å². The molecule has 5 heteroatoms. The van der Waals surface area contributed by atoms with Crippen molar-refractivity contribution >= 4 is 23.2 Å². The van der Waals surface area contributed by atoms with Gasteiger partial charge < -0.3 is 10.1 Å². The monoisotopic (exact) mass is 392 g/mol. The smallest absolute Gasteiger partial charge is 0.156 e. The van der Waals surface area contributed by atoms with Crippen LogP contribution in [0.4, 0.5) is 0 Å². The third kappa shape index (κ3) is 5.14. The number of nitrogens with one attached hydrogen (secondary N) is 1. The fourth-order valence-electron chi connectivity index (χ4n) is 3.51. The van der Waals surface area contributed by atoms with E-state index in [2.05, 4.69) is 17.1 Å². The van der Waals surface area contributed by atoms with Crippen molar-refractivity contribution in [3.63, 3.8) is 0 Å². The molecule has 1 N–H and O–H groups in total. The standard InChI is InChI=1S/C21H26Cl2N2O/c1-2-25-10-6-9-18(25)14-24-13-17-11-19(22)21(20(23)12-17)26-15-16-7-4-3-5-8-16/h3-5,7-8,11-12,18,24H,2,6,9-10,13-15H2,1H3. The van der Waals surface area contributed by atoms with Crippen LogP contribution in [0.25, 0.3) is 0 Å². The summed E-state index contributed by atoms with van der Waals surface area (Å²) in [4.78, 5) is 2.54. The van der Waals surface area contributed by atoms with Crippen LogP contribution in [0.3, 0.4) is 0 Å². The van der Waals surface area contributed by atoms with Gasteiger partial charge in [-0.3, -0.25) is 4.90 Å². The maximum absolute atomic E-state index is 6.41. The van der Waals surface area contributed by atoms with Crippen molar-refractivity contribution in [1.29, 1.82) is 0 Å². The lowest BCUT2D eigenvalue weighted by Gasteiger charge is -2.23. The van der Waals surface area contributed by atoms with Gasteiger partial charge in [-0.15, -0.1) is 0 Å². The summed E-state index contributed by atoms with van der Waals surface area (Å²) in [5, 5.41) is 4.65. The van der Waals surface area contributed by atoms with Gasteiger partial charge >= 0.3 is 0 Å². The molecule has 0 radical (unpaired) electrons. The number of likely N-dealkylation sites (tertiary alicyclic amines) is 1. The van der Waals surface area contributed by atoms with Gasteiger partial charge in [-0.2, -0.15) is 0 Å². The van der Waals surface area contributed by atoms with E-state index < -0.39 is 0 Å².